The highest BCUT2D eigenvalue weighted by atomic mass is 32.2. The summed E-state index contributed by atoms with van der Waals surface area (Å²) in [5, 5.41) is 8.43. The first-order chi connectivity index (χ1) is 7.87. The molecule has 2 N–H and O–H groups in total. The van der Waals surface area contributed by atoms with Gasteiger partial charge in [-0.3, -0.25) is 9.52 Å². The van der Waals surface area contributed by atoms with Gasteiger partial charge in [-0.25, -0.2) is 8.42 Å². The van der Waals surface area contributed by atoms with Crippen LogP contribution >= 0.6 is 0 Å². The molecule has 94 valence electrons. The molecule has 0 aliphatic rings. The van der Waals surface area contributed by atoms with Gasteiger partial charge < -0.3 is 9.84 Å². The third kappa shape index (κ3) is 5.76. The first-order valence-electron chi connectivity index (χ1n) is 4.79. The molecule has 1 aromatic carbocycles. The van der Waals surface area contributed by atoms with Gasteiger partial charge in [0.05, 0.1) is 25.0 Å². The van der Waals surface area contributed by atoms with Crippen LogP contribution in [-0.4, -0.2) is 32.4 Å². The fourth-order valence-electron chi connectivity index (χ4n) is 1.12. The van der Waals surface area contributed by atoms with Crippen LogP contribution < -0.4 is 9.46 Å². The molecule has 0 unspecified atom stereocenters. The number of benzene rings is 1. The number of anilines is 1. The molecule has 0 bridgehead atoms. The zero-order chi connectivity index (χ0) is 12.9. The minimum absolute atomic E-state index is 0.0393. The Morgan fingerprint density at radius 3 is 2.76 bits per heavy atom. The normalized spacial score (nSPS) is 10.9. The van der Waals surface area contributed by atoms with Crippen LogP contribution in [0.4, 0.5) is 5.69 Å². The van der Waals surface area contributed by atoms with Gasteiger partial charge in [0, 0.05) is 6.07 Å². The molecule has 1 rings (SSSR count). The van der Waals surface area contributed by atoms with Gasteiger partial charge in [-0.05, 0) is 12.1 Å². The van der Waals surface area contributed by atoms with E-state index in [1.54, 1.807) is 18.2 Å². The van der Waals surface area contributed by atoms with Gasteiger partial charge in [-0.1, -0.05) is 6.07 Å². The van der Waals surface area contributed by atoms with E-state index in [0.717, 1.165) is 6.26 Å². The van der Waals surface area contributed by atoms with Crippen molar-refractivity contribution in [3.8, 4) is 5.75 Å². The number of carboxylic acids is 1. The second kappa shape index (κ2) is 5.53. The Balaban J connectivity index is 2.63. The summed E-state index contributed by atoms with van der Waals surface area (Å²) in [6.07, 6.45) is 0.939. The number of carbonyl (C=O) groups is 1. The average molecular weight is 259 g/mol. The van der Waals surface area contributed by atoms with Gasteiger partial charge in [-0.15, -0.1) is 0 Å². The highest BCUT2D eigenvalue weighted by Gasteiger charge is 2.03. The first-order valence-corrected chi connectivity index (χ1v) is 6.68. The zero-order valence-corrected chi connectivity index (χ0v) is 10.0. The van der Waals surface area contributed by atoms with Crippen LogP contribution in [0.5, 0.6) is 5.75 Å². The van der Waals surface area contributed by atoms with Crippen LogP contribution in [0.15, 0.2) is 24.3 Å². The third-order valence-electron chi connectivity index (χ3n) is 1.72. The molecule has 0 aliphatic carbocycles. The highest BCUT2D eigenvalue weighted by Crippen LogP contribution is 2.18. The fraction of sp³-hybridized carbons (Fsp3) is 0.300. The van der Waals surface area contributed by atoms with Crippen molar-refractivity contribution < 1.29 is 23.1 Å². The van der Waals surface area contributed by atoms with Crippen molar-refractivity contribution in [1.82, 2.24) is 0 Å². The monoisotopic (exact) mass is 259 g/mol. The van der Waals surface area contributed by atoms with E-state index in [2.05, 4.69) is 4.72 Å². The summed E-state index contributed by atoms with van der Waals surface area (Å²) in [5.74, 6) is -0.532. The lowest BCUT2D eigenvalue weighted by Crippen LogP contribution is -2.09. The number of hydrogen-bond donors (Lipinski definition) is 2. The molecule has 0 spiro atoms. The van der Waals surface area contributed by atoms with E-state index in [1.807, 2.05) is 0 Å². The van der Waals surface area contributed by atoms with Crippen LogP contribution in [-0.2, 0) is 14.8 Å². The van der Waals surface area contributed by atoms with Crippen molar-refractivity contribution >= 4 is 21.7 Å². The summed E-state index contributed by atoms with van der Waals surface area (Å²) in [7, 11) is -3.33. The summed E-state index contributed by atoms with van der Waals surface area (Å²) in [6, 6.07) is 6.30. The maximum Gasteiger partial charge on any atom is 0.306 e. The Morgan fingerprint density at radius 1 is 1.47 bits per heavy atom. The Morgan fingerprint density at radius 2 is 2.18 bits per heavy atom. The molecule has 0 aromatic heterocycles. The second-order valence-electron chi connectivity index (χ2n) is 3.39. The Bertz CT molecular complexity index is 497. The number of nitrogens with one attached hydrogen (secondary N) is 1. The maximum absolute atomic E-state index is 11.0. The molecule has 0 saturated heterocycles. The lowest BCUT2D eigenvalue weighted by molar-refractivity contribution is -0.137. The molecule has 0 amide bonds. The molecule has 6 nitrogen and oxygen atoms in total. The minimum atomic E-state index is -3.33. The largest absolute Gasteiger partial charge is 0.493 e. The standard InChI is InChI=1S/C10H13NO5S/c1-17(14,15)11-8-3-2-4-9(7-8)16-6-5-10(12)13/h2-4,7,11H,5-6H2,1H3,(H,12,13). The summed E-state index contributed by atoms with van der Waals surface area (Å²) in [4.78, 5) is 10.3. The summed E-state index contributed by atoms with van der Waals surface area (Å²) in [6.45, 7) is 0.0393. The molecule has 0 saturated carbocycles. The second-order valence-corrected chi connectivity index (χ2v) is 5.14. The van der Waals surface area contributed by atoms with Crippen molar-refractivity contribution in [2.45, 2.75) is 6.42 Å². The molecule has 0 aliphatic heterocycles. The van der Waals surface area contributed by atoms with Crippen molar-refractivity contribution in [2.75, 3.05) is 17.6 Å². The highest BCUT2D eigenvalue weighted by molar-refractivity contribution is 7.92. The van der Waals surface area contributed by atoms with E-state index in [9.17, 15) is 13.2 Å². The first kappa shape index (κ1) is 13.3. The molecular weight excluding hydrogens is 246 g/mol. The lowest BCUT2D eigenvalue weighted by Gasteiger charge is -2.07. The molecule has 7 heteroatoms. The van der Waals surface area contributed by atoms with E-state index in [-0.39, 0.29) is 13.0 Å². The predicted molar refractivity (Wildman–Crippen MR) is 62.7 cm³/mol. The molecule has 0 fully saturated rings. The third-order valence-corrected chi connectivity index (χ3v) is 2.33. The van der Waals surface area contributed by atoms with Gasteiger partial charge in [-0.2, -0.15) is 0 Å². The van der Waals surface area contributed by atoms with Gasteiger partial charge in [0.2, 0.25) is 10.0 Å². The van der Waals surface area contributed by atoms with Gasteiger partial charge in [0.15, 0.2) is 0 Å². The number of aliphatic carboxylic acids is 1. The topological polar surface area (TPSA) is 92.7 Å². The van der Waals surface area contributed by atoms with Crippen LogP contribution in [0.25, 0.3) is 0 Å². The predicted octanol–water partition coefficient (Wildman–Crippen LogP) is 0.912. The van der Waals surface area contributed by atoms with E-state index in [0.29, 0.717) is 11.4 Å². The van der Waals surface area contributed by atoms with Crippen LogP contribution in [0.3, 0.4) is 0 Å². The number of ether oxygens (including phenoxy) is 1. The van der Waals surface area contributed by atoms with Crippen molar-refractivity contribution in [3.63, 3.8) is 0 Å². The summed E-state index contributed by atoms with van der Waals surface area (Å²) in [5.41, 5.74) is 0.375. The van der Waals surface area contributed by atoms with E-state index < -0.39 is 16.0 Å². The summed E-state index contributed by atoms with van der Waals surface area (Å²) < 4.78 is 29.4. The Labute approximate surface area is 99.3 Å². The Kier molecular flexibility index (Phi) is 4.33. The van der Waals surface area contributed by atoms with Gasteiger partial charge in [0.1, 0.15) is 5.75 Å². The number of rotatable bonds is 6. The Hall–Kier alpha value is -1.76. The number of hydrogen-bond acceptors (Lipinski definition) is 4. The van der Waals surface area contributed by atoms with Crippen LogP contribution in [0, 0.1) is 0 Å². The van der Waals surface area contributed by atoms with Gasteiger partial charge >= 0.3 is 5.97 Å². The van der Waals surface area contributed by atoms with Crippen molar-refractivity contribution in [1.29, 1.82) is 0 Å². The molecule has 17 heavy (non-hydrogen) atoms. The molecular formula is C10H13NO5S. The molecule has 0 radical (unpaired) electrons. The van der Waals surface area contributed by atoms with Crippen molar-refractivity contribution in [2.24, 2.45) is 0 Å². The smallest absolute Gasteiger partial charge is 0.306 e. The SMILES string of the molecule is CS(=O)(=O)Nc1cccc(OCCC(=O)O)c1. The lowest BCUT2D eigenvalue weighted by atomic mass is 10.3. The van der Waals surface area contributed by atoms with Crippen LogP contribution in [0.1, 0.15) is 6.42 Å². The number of sulfonamides is 1. The van der Waals surface area contributed by atoms with Crippen molar-refractivity contribution in [3.05, 3.63) is 24.3 Å². The number of carboxylic acid groups (broad SMARTS) is 1. The average Bonchev–Trinajstić information content (AvgIpc) is 2.14. The van der Waals surface area contributed by atoms with E-state index in [1.165, 1.54) is 6.07 Å². The minimum Gasteiger partial charge on any atom is -0.493 e. The van der Waals surface area contributed by atoms with E-state index in [4.69, 9.17) is 9.84 Å². The maximum atomic E-state index is 11.0. The summed E-state index contributed by atoms with van der Waals surface area (Å²) >= 11 is 0. The van der Waals surface area contributed by atoms with Gasteiger partial charge in [0.25, 0.3) is 0 Å². The quantitative estimate of drug-likeness (QED) is 0.792. The van der Waals surface area contributed by atoms with Crippen LogP contribution in [0.2, 0.25) is 0 Å². The molecule has 0 atom stereocenters. The molecule has 1 aromatic rings. The fourth-order valence-corrected chi connectivity index (χ4v) is 1.67. The van der Waals surface area contributed by atoms with E-state index >= 15 is 0 Å². The zero-order valence-electron chi connectivity index (χ0n) is 9.21. The molecule has 0 heterocycles.